The largest absolute Gasteiger partial charge is 0.381 e. The van der Waals surface area contributed by atoms with Crippen molar-refractivity contribution in [3.8, 4) is 11.3 Å². The molecule has 6 heterocycles. The molecule has 4 aromatic rings. The van der Waals surface area contributed by atoms with Crippen LogP contribution in [0.4, 0.5) is 17.1 Å². The number of anilines is 3. The van der Waals surface area contributed by atoms with Crippen LogP contribution in [0, 0.1) is 6.92 Å². The molecule has 3 aliphatic rings. The van der Waals surface area contributed by atoms with Gasteiger partial charge in [-0.2, -0.15) is 0 Å². The van der Waals surface area contributed by atoms with Gasteiger partial charge in [0.25, 0.3) is 0 Å². The van der Waals surface area contributed by atoms with Gasteiger partial charge in [-0.15, -0.1) is 0 Å². The van der Waals surface area contributed by atoms with Gasteiger partial charge in [0.05, 0.1) is 47.9 Å². The van der Waals surface area contributed by atoms with Crippen LogP contribution in [-0.2, 0) is 14.9 Å². The SMILES string of the molecule is Cc1c(-c2ccccc2)nc2ncccc2c1N1CC2(CCOCC2)c2ncc(N3CCOCC3)cc21. The standard InChI is InChI=1S/C30H31N5O2/c1-21-26(22-6-3-2-4-7-22)33-29-24(8-5-11-31-29)27(21)35-20-30(9-14-36-15-10-30)28-25(35)18-23(19-32-28)34-12-16-37-17-13-34/h2-8,11,18-19H,9-10,12-17,20H2,1H3. The van der Waals surface area contributed by atoms with E-state index in [0.29, 0.717) is 0 Å². The quantitative estimate of drug-likeness (QED) is 0.396. The second-order valence-electron chi connectivity index (χ2n) is 10.3. The van der Waals surface area contributed by atoms with Gasteiger partial charge in [-0.1, -0.05) is 30.3 Å². The Kier molecular flexibility index (Phi) is 5.55. The topological polar surface area (TPSA) is 63.6 Å². The molecule has 2 fully saturated rings. The number of fused-ring (bicyclic) bond motifs is 3. The maximum absolute atomic E-state index is 5.81. The fraction of sp³-hybridized carbons (Fsp3) is 0.367. The molecular formula is C30H31N5O2. The Morgan fingerprint density at radius 1 is 0.892 bits per heavy atom. The zero-order chi connectivity index (χ0) is 24.8. The van der Waals surface area contributed by atoms with Crippen molar-refractivity contribution in [1.29, 1.82) is 0 Å². The molecule has 1 spiro atoms. The van der Waals surface area contributed by atoms with E-state index in [1.54, 1.807) is 0 Å². The summed E-state index contributed by atoms with van der Waals surface area (Å²) in [5.41, 5.74) is 8.74. The molecule has 3 aliphatic heterocycles. The summed E-state index contributed by atoms with van der Waals surface area (Å²) >= 11 is 0. The van der Waals surface area contributed by atoms with Gasteiger partial charge in [0.15, 0.2) is 5.65 Å². The molecule has 2 saturated heterocycles. The van der Waals surface area contributed by atoms with Gasteiger partial charge >= 0.3 is 0 Å². The van der Waals surface area contributed by atoms with Gasteiger partial charge in [0.2, 0.25) is 0 Å². The highest BCUT2D eigenvalue weighted by Crippen LogP contribution is 2.51. The van der Waals surface area contributed by atoms with Crippen molar-refractivity contribution >= 4 is 28.1 Å². The van der Waals surface area contributed by atoms with Crippen LogP contribution in [0.1, 0.15) is 24.1 Å². The van der Waals surface area contributed by atoms with Crippen molar-refractivity contribution in [3.63, 3.8) is 0 Å². The van der Waals surface area contributed by atoms with Crippen molar-refractivity contribution in [3.05, 3.63) is 72.2 Å². The lowest BCUT2D eigenvalue weighted by molar-refractivity contribution is 0.0546. The molecule has 3 aromatic heterocycles. The molecule has 0 unspecified atom stereocenters. The summed E-state index contributed by atoms with van der Waals surface area (Å²) in [5, 5.41) is 1.08. The highest BCUT2D eigenvalue weighted by Gasteiger charge is 2.46. The van der Waals surface area contributed by atoms with Crippen LogP contribution in [0.5, 0.6) is 0 Å². The number of rotatable bonds is 3. The Labute approximate surface area is 217 Å². The smallest absolute Gasteiger partial charge is 0.161 e. The van der Waals surface area contributed by atoms with E-state index in [2.05, 4.69) is 59.3 Å². The Hall–Kier alpha value is -3.55. The molecule has 0 N–H and O–H groups in total. The Bertz CT molecular complexity index is 1450. The predicted molar refractivity (Wildman–Crippen MR) is 146 cm³/mol. The van der Waals surface area contributed by atoms with Gasteiger partial charge in [0, 0.05) is 55.4 Å². The first kappa shape index (κ1) is 22.6. The first-order valence-electron chi connectivity index (χ1n) is 13.2. The van der Waals surface area contributed by atoms with Gasteiger partial charge in [-0.3, -0.25) is 4.98 Å². The molecule has 0 amide bonds. The molecule has 7 nitrogen and oxygen atoms in total. The monoisotopic (exact) mass is 493 g/mol. The summed E-state index contributed by atoms with van der Waals surface area (Å²) in [6.07, 6.45) is 5.86. The highest BCUT2D eigenvalue weighted by atomic mass is 16.5. The molecule has 0 saturated carbocycles. The molecule has 0 bridgehead atoms. The number of pyridine rings is 3. The summed E-state index contributed by atoms with van der Waals surface area (Å²) in [5.74, 6) is 0. The zero-order valence-corrected chi connectivity index (χ0v) is 21.2. The van der Waals surface area contributed by atoms with E-state index in [9.17, 15) is 0 Å². The molecule has 7 rings (SSSR count). The average molecular weight is 494 g/mol. The van der Waals surface area contributed by atoms with E-state index < -0.39 is 0 Å². The van der Waals surface area contributed by atoms with E-state index in [1.807, 2.05) is 18.3 Å². The number of ether oxygens (including phenoxy) is 2. The average Bonchev–Trinajstić information content (AvgIpc) is 3.26. The summed E-state index contributed by atoms with van der Waals surface area (Å²) in [6.45, 7) is 7.90. The number of hydrogen-bond acceptors (Lipinski definition) is 7. The van der Waals surface area contributed by atoms with Crippen LogP contribution in [0.25, 0.3) is 22.3 Å². The molecule has 188 valence electrons. The van der Waals surface area contributed by atoms with Crippen molar-refractivity contribution in [2.24, 2.45) is 0 Å². The molecule has 7 heteroatoms. The summed E-state index contributed by atoms with van der Waals surface area (Å²) in [7, 11) is 0. The fourth-order valence-electron chi connectivity index (χ4n) is 6.27. The third-order valence-corrected chi connectivity index (χ3v) is 8.22. The Balaban J connectivity index is 1.44. The number of nitrogens with zero attached hydrogens (tertiary/aromatic N) is 5. The van der Waals surface area contributed by atoms with Crippen LogP contribution >= 0.6 is 0 Å². The van der Waals surface area contributed by atoms with Crippen LogP contribution in [0.15, 0.2) is 60.9 Å². The molecule has 0 radical (unpaired) electrons. The number of morpholine rings is 1. The molecular weight excluding hydrogens is 462 g/mol. The van der Waals surface area contributed by atoms with Crippen LogP contribution in [-0.4, -0.2) is 61.0 Å². The molecule has 0 aliphatic carbocycles. The second-order valence-corrected chi connectivity index (χ2v) is 10.3. The third-order valence-electron chi connectivity index (χ3n) is 8.22. The first-order chi connectivity index (χ1) is 18.2. The third kappa shape index (κ3) is 3.76. The fourth-order valence-corrected chi connectivity index (χ4v) is 6.27. The van der Waals surface area contributed by atoms with E-state index >= 15 is 0 Å². The lowest BCUT2D eigenvalue weighted by atomic mass is 9.78. The maximum atomic E-state index is 5.81. The lowest BCUT2D eigenvalue weighted by Crippen LogP contribution is -2.38. The minimum Gasteiger partial charge on any atom is -0.381 e. The second kappa shape index (κ2) is 9.08. The summed E-state index contributed by atoms with van der Waals surface area (Å²) in [6, 6.07) is 17.0. The van der Waals surface area contributed by atoms with Crippen LogP contribution in [0.3, 0.4) is 0 Å². The van der Waals surface area contributed by atoms with Gasteiger partial charge in [-0.05, 0) is 43.5 Å². The van der Waals surface area contributed by atoms with Crippen molar-refractivity contribution in [2.45, 2.75) is 25.2 Å². The van der Waals surface area contributed by atoms with E-state index in [0.717, 1.165) is 86.9 Å². The van der Waals surface area contributed by atoms with Gasteiger partial charge < -0.3 is 19.3 Å². The van der Waals surface area contributed by atoms with E-state index in [1.165, 1.54) is 22.6 Å². The zero-order valence-electron chi connectivity index (χ0n) is 21.2. The van der Waals surface area contributed by atoms with Crippen LogP contribution < -0.4 is 9.80 Å². The van der Waals surface area contributed by atoms with E-state index in [4.69, 9.17) is 24.4 Å². The molecule has 1 aromatic carbocycles. The number of benzene rings is 1. The number of aromatic nitrogens is 3. The lowest BCUT2D eigenvalue weighted by Gasteiger charge is -2.34. The summed E-state index contributed by atoms with van der Waals surface area (Å²) < 4.78 is 11.4. The summed E-state index contributed by atoms with van der Waals surface area (Å²) in [4.78, 5) is 19.8. The first-order valence-corrected chi connectivity index (χ1v) is 13.2. The maximum Gasteiger partial charge on any atom is 0.161 e. The highest BCUT2D eigenvalue weighted by molar-refractivity contribution is 5.98. The van der Waals surface area contributed by atoms with Crippen molar-refractivity contribution in [2.75, 3.05) is 55.9 Å². The Morgan fingerprint density at radius 3 is 2.49 bits per heavy atom. The minimum atomic E-state index is -0.0196. The van der Waals surface area contributed by atoms with Crippen LogP contribution in [0.2, 0.25) is 0 Å². The minimum absolute atomic E-state index is 0.0196. The Morgan fingerprint density at radius 2 is 1.68 bits per heavy atom. The van der Waals surface area contributed by atoms with Crippen molar-refractivity contribution < 1.29 is 9.47 Å². The molecule has 37 heavy (non-hydrogen) atoms. The van der Waals surface area contributed by atoms with E-state index in [-0.39, 0.29) is 5.41 Å². The molecule has 0 atom stereocenters. The van der Waals surface area contributed by atoms with Gasteiger partial charge in [0.1, 0.15) is 0 Å². The number of hydrogen-bond donors (Lipinski definition) is 0. The van der Waals surface area contributed by atoms with Crippen molar-refractivity contribution in [1.82, 2.24) is 15.0 Å². The predicted octanol–water partition coefficient (Wildman–Crippen LogP) is 5.04. The normalized spacial score (nSPS) is 18.9. The van der Waals surface area contributed by atoms with Gasteiger partial charge in [-0.25, -0.2) is 9.97 Å².